The summed E-state index contributed by atoms with van der Waals surface area (Å²) >= 11 is 0. The number of aliphatic hydroxyl groups excluding tert-OH is 1. The van der Waals surface area contributed by atoms with Gasteiger partial charge in [0.1, 0.15) is 0 Å². The highest BCUT2D eigenvalue weighted by Gasteiger charge is 2.22. The van der Waals surface area contributed by atoms with Crippen LogP contribution in [0.3, 0.4) is 0 Å². The maximum Gasteiger partial charge on any atom is 0.228 e. The third-order valence-corrected chi connectivity index (χ3v) is 4.76. The quantitative estimate of drug-likeness (QED) is 0.826. The second-order valence-electron chi connectivity index (χ2n) is 6.16. The fraction of sp³-hybridized carbons (Fsp3) is 0.611. The molecule has 2 rings (SSSR count). The molecule has 23 heavy (non-hydrogen) atoms. The van der Waals surface area contributed by atoms with E-state index in [0.29, 0.717) is 6.42 Å². The summed E-state index contributed by atoms with van der Waals surface area (Å²) in [6, 6.07) is 10.0. The minimum Gasteiger partial charge on any atom is -0.395 e. The summed E-state index contributed by atoms with van der Waals surface area (Å²) in [5.41, 5.74) is 0.941. The third kappa shape index (κ3) is 5.03. The molecule has 1 unspecified atom stereocenters. The molecule has 5 heteroatoms. The molecule has 1 aliphatic heterocycles. The fourth-order valence-electron chi connectivity index (χ4n) is 3.07. The van der Waals surface area contributed by atoms with E-state index in [-0.39, 0.29) is 18.6 Å². The van der Waals surface area contributed by atoms with Crippen LogP contribution in [0.2, 0.25) is 0 Å². The minimum absolute atomic E-state index is 0.153. The predicted molar refractivity (Wildman–Crippen MR) is 93.6 cm³/mol. The van der Waals surface area contributed by atoms with E-state index in [2.05, 4.69) is 16.7 Å². The van der Waals surface area contributed by atoms with Crippen molar-refractivity contribution in [3.05, 3.63) is 30.3 Å². The van der Waals surface area contributed by atoms with Crippen molar-refractivity contribution in [2.24, 2.45) is 0 Å². The highest BCUT2D eigenvalue weighted by atomic mass is 16.3. The van der Waals surface area contributed by atoms with Crippen LogP contribution in [0.25, 0.3) is 0 Å². The summed E-state index contributed by atoms with van der Waals surface area (Å²) in [4.78, 5) is 18.7. The van der Waals surface area contributed by atoms with Crippen LogP contribution in [-0.4, -0.2) is 73.2 Å². The van der Waals surface area contributed by atoms with Crippen LogP contribution in [-0.2, 0) is 4.79 Å². The Kier molecular flexibility index (Phi) is 7.02. The highest BCUT2D eigenvalue weighted by Crippen LogP contribution is 2.13. The molecule has 0 spiro atoms. The topological polar surface area (TPSA) is 47.0 Å². The number of benzene rings is 1. The van der Waals surface area contributed by atoms with Gasteiger partial charge in [-0.2, -0.15) is 0 Å². The van der Waals surface area contributed by atoms with Crippen molar-refractivity contribution in [1.82, 2.24) is 9.80 Å². The van der Waals surface area contributed by atoms with Gasteiger partial charge in [0.25, 0.3) is 0 Å². The van der Waals surface area contributed by atoms with E-state index < -0.39 is 0 Å². The van der Waals surface area contributed by atoms with Gasteiger partial charge in [0.05, 0.1) is 6.61 Å². The highest BCUT2D eigenvalue weighted by molar-refractivity contribution is 5.92. The van der Waals surface area contributed by atoms with Crippen molar-refractivity contribution >= 4 is 11.6 Å². The summed E-state index contributed by atoms with van der Waals surface area (Å²) in [5, 5.41) is 9.38. The largest absolute Gasteiger partial charge is 0.395 e. The van der Waals surface area contributed by atoms with Gasteiger partial charge < -0.3 is 14.9 Å². The molecule has 0 bridgehead atoms. The van der Waals surface area contributed by atoms with Crippen molar-refractivity contribution in [2.75, 3.05) is 51.3 Å². The number of piperazine rings is 1. The Hall–Kier alpha value is -1.43. The molecule has 1 aliphatic rings. The average Bonchev–Trinajstić information content (AvgIpc) is 2.62. The SMILES string of the molecule is CCC(CO)N1CCN(CCC(=O)N(C)c2ccccc2)CC1. The molecule has 5 nitrogen and oxygen atoms in total. The lowest BCUT2D eigenvalue weighted by atomic mass is 10.1. The number of carbonyl (C=O) groups is 1. The van der Waals surface area contributed by atoms with E-state index in [1.807, 2.05) is 37.4 Å². The van der Waals surface area contributed by atoms with E-state index in [9.17, 15) is 9.90 Å². The van der Waals surface area contributed by atoms with Gasteiger partial charge in [0.15, 0.2) is 0 Å². The van der Waals surface area contributed by atoms with Crippen LogP contribution in [0.1, 0.15) is 19.8 Å². The van der Waals surface area contributed by atoms with E-state index in [0.717, 1.165) is 44.8 Å². The molecule has 1 fully saturated rings. The Balaban J connectivity index is 1.74. The first-order valence-electron chi connectivity index (χ1n) is 8.54. The number of para-hydroxylation sites is 1. The van der Waals surface area contributed by atoms with Crippen LogP contribution in [0, 0.1) is 0 Å². The molecule has 0 radical (unpaired) electrons. The zero-order valence-electron chi connectivity index (χ0n) is 14.3. The van der Waals surface area contributed by atoms with E-state index in [1.165, 1.54) is 0 Å². The second kappa shape index (κ2) is 9.01. The number of anilines is 1. The molecular formula is C18H29N3O2. The molecule has 0 saturated carbocycles. The number of amides is 1. The van der Waals surface area contributed by atoms with E-state index in [1.54, 1.807) is 4.90 Å². The number of aliphatic hydroxyl groups is 1. The normalized spacial score (nSPS) is 17.9. The molecule has 1 N–H and O–H groups in total. The molecule has 1 aromatic rings. The molecule has 0 aliphatic carbocycles. The summed E-state index contributed by atoms with van der Waals surface area (Å²) in [5.74, 6) is 0.153. The van der Waals surface area contributed by atoms with Crippen molar-refractivity contribution < 1.29 is 9.90 Å². The van der Waals surface area contributed by atoms with Gasteiger partial charge in [0.2, 0.25) is 5.91 Å². The zero-order valence-corrected chi connectivity index (χ0v) is 14.3. The monoisotopic (exact) mass is 319 g/mol. The van der Waals surface area contributed by atoms with Crippen LogP contribution < -0.4 is 4.90 Å². The Morgan fingerprint density at radius 3 is 2.43 bits per heavy atom. The molecule has 1 saturated heterocycles. The van der Waals surface area contributed by atoms with Gasteiger partial charge in [0, 0.05) is 57.9 Å². The molecular weight excluding hydrogens is 290 g/mol. The lowest BCUT2D eigenvalue weighted by Gasteiger charge is -2.38. The van der Waals surface area contributed by atoms with Crippen LogP contribution in [0.4, 0.5) is 5.69 Å². The number of carbonyl (C=O) groups excluding carboxylic acids is 1. The van der Waals surface area contributed by atoms with E-state index in [4.69, 9.17) is 0 Å². The smallest absolute Gasteiger partial charge is 0.228 e. The van der Waals surface area contributed by atoms with Crippen LogP contribution in [0.5, 0.6) is 0 Å². The number of hydrogen-bond donors (Lipinski definition) is 1. The first-order chi connectivity index (χ1) is 11.2. The van der Waals surface area contributed by atoms with Gasteiger partial charge in [-0.25, -0.2) is 0 Å². The van der Waals surface area contributed by atoms with Crippen molar-refractivity contribution in [3.8, 4) is 0 Å². The zero-order chi connectivity index (χ0) is 16.7. The maximum absolute atomic E-state index is 12.3. The maximum atomic E-state index is 12.3. The predicted octanol–water partition coefficient (Wildman–Crippen LogP) is 1.43. The molecule has 1 atom stereocenters. The van der Waals surface area contributed by atoms with Gasteiger partial charge in [-0.1, -0.05) is 25.1 Å². The Bertz CT molecular complexity index is 468. The first kappa shape index (κ1) is 17.9. The Morgan fingerprint density at radius 2 is 1.87 bits per heavy atom. The number of nitrogens with zero attached hydrogens (tertiary/aromatic N) is 3. The molecule has 1 heterocycles. The van der Waals surface area contributed by atoms with Gasteiger partial charge in [-0.05, 0) is 18.6 Å². The van der Waals surface area contributed by atoms with Crippen molar-refractivity contribution in [3.63, 3.8) is 0 Å². The second-order valence-corrected chi connectivity index (χ2v) is 6.16. The first-order valence-corrected chi connectivity index (χ1v) is 8.54. The molecule has 1 amide bonds. The minimum atomic E-state index is 0.153. The fourth-order valence-corrected chi connectivity index (χ4v) is 3.07. The number of rotatable bonds is 7. The Labute approximate surface area is 139 Å². The summed E-state index contributed by atoms with van der Waals surface area (Å²) < 4.78 is 0. The van der Waals surface area contributed by atoms with E-state index >= 15 is 0 Å². The van der Waals surface area contributed by atoms with Crippen molar-refractivity contribution in [1.29, 1.82) is 0 Å². The molecule has 1 aromatic carbocycles. The van der Waals surface area contributed by atoms with Gasteiger partial charge in [-0.15, -0.1) is 0 Å². The van der Waals surface area contributed by atoms with Crippen molar-refractivity contribution in [2.45, 2.75) is 25.8 Å². The lowest BCUT2D eigenvalue weighted by molar-refractivity contribution is -0.118. The lowest BCUT2D eigenvalue weighted by Crippen LogP contribution is -2.51. The average molecular weight is 319 g/mol. The molecule has 128 valence electrons. The van der Waals surface area contributed by atoms with Gasteiger partial charge >= 0.3 is 0 Å². The standard InChI is InChI=1S/C18H29N3O2/c1-3-16(15-22)21-13-11-20(12-14-21)10-9-18(23)19(2)17-7-5-4-6-8-17/h4-8,16,22H,3,9-15H2,1-2H3. The van der Waals surface area contributed by atoms with Crippen LogP contribution in [0.15, 0.2) is 30.3 Å². The molecule has 0 aromatic heterocycles. The van der Waals surface area contributed by atoms with Crippen LogP contribution >= 0.6 is 0 Å². The summed E-state index contributed by atoms with van der Waals surface area (Å²) in [7, 11) is 1.84. The summed E-state index contributed by atoms with van der Waals surface area (Å²) in [6.07, 6.45) is 1.53. The third-order valence-electron chi connectivity index (χ3n) is 4.76. The summed E-state index contributed by atoms with van der Waals surface area (Å²) in [6.45, 7) is 7.04. The Morgan fingerprint density at radius 1 is 1.22 bits per heavy atom. The van der Waals surface area contributed by atoms with Gasteiger partial charge in [-0.3, -0.25) is 9.69 Å². The number of hydrogen-bond acceptors (Lipinski definition) is 4.